The molecule has 4 rings (SSSR count). The molecular weight excluding hydrogens is 583 g/mol. The van der Waals surface area contributed by atoms with Gasteiger partial charge in [-0.25, -0.2) is 14.2 Å². The third-order valence-corrected chi connectivity index (χ3v) is 6.74. The lowest BCUT2D eigenvalue weighted by atomic mass is 9.95. The quantitative estimate of drug-likeness (QED) is 0.236. The molecule has 0 aliphatic heterocycles. The lowest BCUT2D eigenvalue weighted by Gasteiger charge is -2.24. The maximum Gasteiger partial charge on any atom is 0.416 e. The van der Waals surface area contributed by atoms with Crippen LogP contribution in [0.15, 0.2) is 46.0 Å². The Kier molecular flexibility index (Phi) is 10.6. The number of nitrogens with zero attached hydrogens (tertiary/aromatic N) is 5. The average Bonchev–Trinajstić information content (AvgIpc) is 2.92. The summed E-state index contributed by atoms with van der Waals surface area (Å²) in [4.78, 5) is 40.3. The van der Waals surface area contributed by atoms with Crippen LogP contribution in [0.4, 0.5) is 24.8 Å². The average molecular weight is 614 g/mol. The van der Waals surface area contributed by atoms with Gasteiger partial charge in [-0.1, -0.05) is 30.9 Å². The van der Waals surface area contributed by atoms with Crippen molar-refractivity contribution in [2.75, 3.05) is 25.6 Å². The van der Waals surface area contributed by atoms with Gasteiger partial charge in [0.2, 0.25) is 11.7 Å². The van der Waals surface area contributed by atoms with Gasteiger partial charge in [0.05, 0.1) is 22.1 Å². The van der Waals surface area contributed by atoms with Gasteiger partial charge in [-0.2, -0.15) is 18.2 Å². The molecule has 1 fully saturated rings. The number of nitro benzene ring substituents is 1. The van der Waals surface area contributed by atoms with Crippen LogP contribution in [0.5, 0.6) is 17.2 Å². The van der Waals surface area contributed by atoms with Crippen LogP contribution in [0, 0.1) is 10.1 Å². The molecule has 1 aliphatic rings. The van der Waals surface area contributed by atoms with Crippen LogP contribution >= 0.6 is 11.6 Å². The highest BCUT2D eigenvalue weighted by Crippen LogP contribution is 2.38. The molecule has 42 heavy (non-hydrogen) atoms. The van der Waals surface area contributed by atoms with E-state index in [1.165, 1.54) is 33.8 Å². The zero-order valence-electron chi connectivity index (χ0n) is 23.5. The molecule has 0 atom stereocenters. The number of hydrogen-bond donors (Lipinski definition) is 0. The first kappa shape index (κ1) is 32.4. The molecule has 1 aliphatic carbocycles. The second-order valence-electron chi connectivity index (χ2n) is 9.66. The summed E-state index contributed by atoms with van der Waals surface area (Å²) in [6, 6.07) is 6.42. The standard InChI is InChI=1S/C15H11ClF3NO4.C12H20N4O2/c1-2-23-14-8-10(4-5-12(14)20(21)22)24-13-6-3-9(7-11(13)16)15(17,18)19;1-14(2)10-13-11(17)16(12(18)15(10)3)9-7-5-4-6-8-9/h3-8H,2H2,1H3;9H,4-8H2,1-3H3. The van der Waals surface area contributed by atoms with Crippen molar-refractivity contribution >= 4 is 23.2 Å². The molecule has 1 heterocycles. The highest BCUT2D eigenvalue weighted by atomic mass is 35.5. The topological polar surface area (TPSA) is 122 Å². The fourth-order valence-electron chi connectivity index (χ4n) is 4.46. The van der Waals surface area contributed by atoms with Crippen molar-refractivity contribution in [2.24, 2.45) is 7.05 Å². The summed E-state index contributed by atoms with van der Waals surface area (Å²) in [6.45, 7) is 1.86. The first-order valence-electron chi connectivity index (χ1n) is 13.1. The number of hydrogen-bond acceptors (Lipinski definition) is 8. The van der Waals surface area contributed by atoms with Crippen molar-refractivity contribution in [1.82, 2.24) is 14.1 Å². The Labute approximate surface area is 244 Å². The highest BCUT2D eigenvalue weighted by molar-refractivity contribution is 6.32. The number of nitro groups is 1. The predicted octanol–water partition coefficient (Wildman–Crippen LogP) is 5.97. The maximum atomic E-state index is 12.6. The summed E-state index contributed by atoms with van der Waals surface area (Å²) in [6.07, 6.45) is 0.633. The fraction of sp³-hybridized carbons (Fsp3) is 0.444. The van der Waals surface area contributed by atoms with Gasteiger partial charge in [-0.05, 0) is 44.0 Å². The Morgan fingerprint density at radius 1 is 1.10 bits per heavy atom. The summed E-state index contributed by atoms with van der Waals surface area (Å²) < 4.78 is 51.1. The molecule has 0 radical (unpaired) electrons. The molecule has 0 unspecified atom stereocenters. The fourth-order valence-corrected chi connectivity index (χ4v) is 4.68. The molecule has 3 aromatic rings. The Morgan fingerprint density at radius 2 is 1.76 bits per heavy atom. The SMILES string of the molecule is CCOc1cc(Oc2ccc(C(F)(F)F)cc2Cl)ccc1[N+](=O)[O-].CN(C)c1nc(=O)n(C2CCCCC2)c(=O)n1C. The van der Waals surface area contributed by atoms with E-state index in [9.17, 15) is 32.9 Å². The molecule has 2 aromatic carbocycles. The van der Waals surface area contributed by atoms with E-state index < -0.39 is 22.4 Å². The smallest absolute Gasteiger partial charge is 0.416 e. The van der Waals surface area contributed by atoms with Crippen LogP contribution in [-0.4, -0.2) is 39.7 Å². The number of alkyl halides is 3. The third kappa shape index (κ3) is 7.81. The van der Waals surface area contributed by atoms with Gasteiger partial charge in [0.15, 0.2) is 0 Å². The van der Waals surface area contributed by atoms with Crippen LogP contribution in [-0.2, 0) is 13.2 Å². The molecule has 0 saturated heterocycles. The van der Waals surface area contributed by atoms with E-state index in [0.29, 0.717) is 5.95 Å². The molecule has 11 nitrogen and oxygen atoms in total. The molecule has 15 heteroatoms. The summed E-state index contributed by atoms with van der Waals surface area (Å²) in [5.74, 6) is 0.520. The van der Waals surface area contributed by atoms with E-state index >= 15 is 0 Å². The maximum absolute atomic E-state index is 12.6. The van der Waals surface area contributed by atoms with Crippen molar-refractivity contribution < 1.29 is 27.6 Å². The van der Waals surface area contributed by atoms with Crippen molar-refractivity contribution in [3.05, 3.63) is 78.1 Å². The third-order valence-electron chi connectivity index (χ3n) is 6.45. The molecule has 0 amide bonds. The molecule has 0 N–H and O–H groups in total. The van der Waals surface area contributed by atoms with Crippen LogP contribution < -0.4 is 25.8 Å². The van der Waals surface area contributed by atoms with Gasteiger partial charge in [-0.3, -0.25) is 14.7 Å². The number of rotatable bonds is 7. The number of ether oxygens (including phenoxy) is 2. The van der Waals surface area contributed by atoms with Crippen LogP contribution in [0.25, 0.3) is 0 Å². The summed E-state index contributed by atoms with van der Waals surface area (Å²) >= 11 is 5.80. The largest absolute Gasteiger partial charge is 0.487 e. The second-order valence-corrected chi connectivity index (χ2v) is 10.1. The summed E-state index contributed by atoms with van der Waals surface area (Å²) in [5, 5.41) is 10.7. The minimum atomic E-state index is -4.52. The van der Waals surface area contributed by atoms with E-state index in [1.54, 1.807) is 33.0 Å². The minimum absolute atomic E-state index is 0.0111. The molecule has 228 valence electrons. The second kappa shape index (κ2) is 13.7. The van der Waals surface area contributed by atoms with Crippen molar-refractivity contribution in [2.45, 2.75) is 51.2 Å². The van der Waals surface area contributed by atoms with Gasteiger partial charge in [0, 0.05) is 39.3 Å². The molecule has 0 spiro atoms. The lowest BCUT2D eigenvalue weighted by molar-refractivity contribution is -0.385. The van der Waals surface area contributed by atoms with E-state index in [4.69, 9.17) is 21.1 Å². The highest BCUT2D eigenvalue weighted by Gasteiger charge is 2.31. The number of halogens is 4. The van der Waals surface area contributed by atoms with E-state index in [1.807, 2.05) is 0 Å². The van der Waals surface area contributed by atoms with Crippen LogP contribution in [0.2, 0.25) is 5.02 Å². The summed E-state index contributed by atoms with van der Waals surface area (Å²) in [5.41, 5.74) is -1.83. The summed E-state index contributed by atoms with van der Waals surface area (Å²) in [7, 11) is 5.20. The molecule has 0 bridgehead atoms. The Hall–Kier alpha value is -4.07. The zero-order chi connectivity index (χ0) is 31.2. The minimum Gasteiger partial charge on any atom is -0.487 e. The van der Waals surface area contributed by atoms with E-state index in [2.05, 4.69) is 4.98 Å². The Balaban J connectivity index is 0.000000240. The van der Waals surface area contributed by atoms with Gasteiger partial charge >= 0.3 is 23.2 Å². The zero-order valence-corrected chi connectivity index (χ0v) is 24.2. The van der Waals surface area contributed by atoms with Gasteiger partial charge in [-0.15, -0.1) is 0 Å². The Morgan fingerprint density at radius 3 is 2.31 bits per heavy atom. The molecular formula is C27H31ClF3N5O6. The molecule has 1 aromatic heterocycles. The van der Waals surface area contributed by atoms with Crippen molar-refractivity contribution in [3.8, 4) is 17.2 Å². The van der Waals surface area contributed by atoms with E-state index in [-0.39, 0.29) is 46.3 Å². The van der Waals surface area contributed by atoms with Crippen LogP contribution in [0.3, 0.4) is 0 Å². The van der Waals surface area contributed by atoms with Crippen molar-refractivity contribution in [3.63, 3.8) is 0 Å². The van der Waals surface area contributed by atoms with Gasteiger partial charge < -0.3 is 14.4 Å². The number of aromatic nitrogens is 3. The number of anilines is 1. The normalized spacial score (nSPS) is 13.6. The van der Waals surface area contributed by atoms with Crippen molar-refractivity contribution in [1.29, 1.82) is 0 Å². The first-order valence-corrected chi connectivity index (χ1v) is 13.4. The van der Waals surface area contributed by atoms with Crippen LogP contribution in [0.1, 0.15) is 50.6 Å². The monoisotopic (exact) mass is 613 g/mol. The lowest BCUT2D eigenvalue weighted by Crippen LogP contribution is -2.45. The van der Waals surface area contributed by atoms with Gasteiger partial charge in [0.1, 0.15) is 11.5 Å². The molecule has 1 saturated carbocycles. The first-order chi connectivity index (χ1) is 19.7. The van der Waals surface area contributed by atoms with Gasteiger partial charge in [0.25, 0.3) is 0 Å². The number of benzene rings is 2. The predicted molar refractivity (Wildman–Crippen MR) is 151 cm³/mol. The Bertz CT molecular complexity index is 1530. The van der Waals surface area contributed by atoms with E-state index in [0.717, 1.165) is 43.9 Å².